The molecule has 1 aromatic carbocycles. The summed E-state index contributed by atoms with van der Waals surface area (Å²) in [5.41, 5.74) is -0.130. The number of carbonyl (C=O) groups excluding carboxylic acids is 5. The van der Waals surface area contributed by atoms with E-state index in [0.717, 1.165) is 0 Å². The molecule has 0 aromatic heterocycles. The highest BCUT2D eigenvalue weighted by Crippen LogP contribution is 2.25. The maximum atomic E-state index is 12.5. The van der Waals surface area contributed by atoms with E-state index in [1.807, 2.05) is 13.8 Å². The highest BCUT2D eigenvalue weighted by atomic mass is 16.5. The predicted molar refractivity (Wildman–Crippen MR) is 108 cm³/mol. The number of rotatable bonds is 6. The quantitative estimate of drug-likeness (QED) is 0.540. The van der Waals surface area contributed by atoms with Crippen molar-refractivity contribution in [2.75, 3.05) is 13.2 Å². The van der Waals surface area contributed by atoms with Crippen LogP contribution in [0.3, 0.4) is 0 Å². The van der Waals surface area contributed by atoms with Gasteiger partial charge in [0.1, 0.15) is 0 Å². The molecule has 162 valence electrons. The van der Waals surface area contributed by atoms with Crippen molar-refractivity contribution >= 4 is 29.7 Å². The molecule has 2 rings (SSSR count). The second-order valence-corrected chi connectivity index (χ2v) is 8.53. The number of urea groups is 1. The summed E-state index contributed by atoms with van der Waals surface area (Å²) in [5.74, 6) is -2.15. The minimum atomic E-state index is -0.843. The van der Waals surface area contributed by atoms with Gasteiger partial charge in [-0.15, -0.1) is 0 Å². The van der Waals surface area contributed by atoms with Crippen LogP contribution in [0.2, 0.25) is 0 Å². The van der Waals surface area contributed by atoms with Crippen molar-refractivity contribution in [2.45, 2.75) is 46.6 Å². The molecular formula is C21H27N3O6. The number of benzene rings is 1. The number of hydrogen-bond acceptors (Lipinski definition) is 6. The van der Waals surface area contributed by atoms with E-state index in [4.69, 9.17) is 4.74 Å². The number of nitrogens with zero attached hydrogens (tertiary/aromatic N) is 1. The number of carbonyl (C=O) groups is 5. The molecule has 0 saturated heterocycles. The molecule has 0 spiro atoms. The van der Waals surface area contributed by atoms with Gasteiger partial charge in [-0.3, -0.25) is 24.6 Å². The van der Waals surface area contributed by atoms with Gasteiger partial charge in [-0.1, -0.05) is 13.8 Å². The number of esters is 1. The van der Waals surface area contributed by atoms with Crippen molar-refractivity contribution in [2.24, 2.45) is 5.92 Å². The lowest BCUT2D eigenvalue weighted by Gasteiger charge is -2.20. The molecule has 30 heavy (non-hydrogen) atoms. The van der Waals surface area contributed by atoms with Gasteiger partial charge in [-0.05, 0) is 51.3 Å². The topological polar surface area (TPSA) is 122 Å². The van der Waals surface area contributed by atoms with Crippen LogP contribution in [0, 0.1) is 5.92 Å². The Hall–Kier alpha value is -3.23. The lowest BCUT2D eigenvalue weighted by molar-refractivity contribution is -0.123. The van der Waals surface area contributed by atoms with Crippen molar-refractivity contribution in [3.63, 3.8) is 0 Å². The third-order valence-electron chi connectivity index (χ3n) is 4.21. The average Bonchev–Trinajstić information content (AvgIpc) is 2.86. The molecule has 1 aliphatic rings. The molecule has 5 amide bonds. The zero-order valence-corrected chi connectivity index (χ0v) is 17.8. The number of nitrogens with one attached hydrogen (secondary N) is 2. The Balaban J connectivity index is 1.98. The molecule has 0 fully saturated rings. The third-order valence-corrected chi connectivity index (χ3v) is 4.21. The van der Waals surface area contributed by atoms with Gasteiger partial charge >= 0.3 is 12.0 Å². The maximum absolute atomic E-state index is 12.5. The van der Waals surface area contributed by atoms with Crippen LogP contribution in [0.5, 0.6) is 0 Å². The van der Waals surface area contributed by atoms with Crippen LogP contribution < -0.4 is 10.6 Å². The van der Waals surface area contributed by atoms with E-state index in [9.17, 15) is 24.0 Å². The maximum Gasteiger partial charge on any atom is 0.338 e. The van der Waals surface area contributed by atoms with Gasteiger partial charge in [0.2, 0.25) is 0 Å². The van der Waals surface area contributed by atoms with Crippen molar-refractivity contribution in [3.8, 4) is 0 Å². The minimum absolute atomic E-state index is 0.0348. The van der Waals surface area contributed by atoms with Gasteiger partial charge in [0.05, 0.1) is 16.7 Å². The summed E-state index contributed by atoms with van der Waals surface area (Å²) in [7, 11) is 0. The highest BCUT2D eigenvalue weighted by molar-refractivity contribution is 6.22. The van der Waals surface area contributed by atoms with Crippen LogP contribution in [-0.2, 0) is 9.53 Å². The Morgan fingerprint density at radius 3 is 2.30 bits per heavy atom. The van der Waals surface area contributed by atoms with Crippen LogP contribution in [0.15, 0.2) is 18.2 Å². The van der Waals surface area contributed by atoms with Gasteiger partial charge < -0.3 is 10.1 Å². The van der Waals surface area contributed by atoms with Gasteiger partial charge in [-0.2, -0.15) is 0 Å². The molecule has 1 aliphatic heterocycles. The molecule has 2 N–H and O–H groups in total. The number of fused-ring (bicyclic) bond motifs is 1. The Bertz CT molecular complexity index is 885. The molecular weight excluding hydrogens is 390 g/mol. The molecule has 0 aliphatic carbocycles. The van der Waals surface area contributed by atoms with E-state index in [-0.39, 0.29) is 22.6 Å². The first-order valence-corrected chi connectivity index (χ1v) is 9.68. The molecule has 0 unspecified atom stereocenters. The molecule has 9 nitrogen and oxygen atoms in total. The number of hydrogen-bond donors (Lipinski definition) is 2. The zero-order valence-electron chi connectivity index (χ0n) is 17.8. The lowest BCUT2D eigenvalue weighted by Crippen LogP contribution is -2.49. The molecule has 1 heterocycles. The van der Waals surface area contributed by atoms with E-state index in [2.05, 4.69) is 10.6 Å². The monoisotopic (exact) mass is 417 g/mol. The second kappa shape index (κ2) is 9.06. The number of amides is 5. The standard InChI is InChI=1S/C21H27N3O6/c1-12(2)8-9-24-17(26)14-7-6-13(10-15(14)18(24)27)19(28)30-11-16(25)22-20(29)23-21(3,4)5/h6-7,10,12H,8-9,11H2,1-5H3,(H2,22,23,25,29). The molecule has 9 heteroatoms. The third kappa shape index (κ3) is 5.88. The summed E-state index contributed by atoms with van der Waals surface area (Å²) in [6.07, 6.45) is 0.679. The van der Waals surface area contributed by atoms with Gasteiger partial charge in [0, 0.05) is 12.1 Å². The first-order valence-electron chi connectivity index (χ1n) is 9.68. The largest absolute Gasteiger partial charge is 0.452 e. The van der Waals surface area contributed by atoms with E-state index in [1.165, 1.54) is 23.1 Å². The Kier molecular flexibility index (Phi) is 6.96. The summed E-state index contributed by atoms with van der Waals surface area (Å²) < 4.78 is 4.91. The Labute approximate surface area is 175 Å². The molecule has 0 radical (unpaired) electrons. The van der Waals surface area contributed by atoms with E-state index in [1.54, 1.807) is 20.8 Å². The van der Waals surface area contributed by atoms with Crippen LogP contribution in [-0.4, -0.2) is 53.3 Å². The predicted octanol–water partition coefficient (Wildman–Crippen LogP) is 2.11. The zero-order chi connectivity index (χ0) is 22.6. The van der Waals surface area contributed by atoms with Crippen molar-refractivity contribution in [3.05, 3.63) is 34.9 Å². The first-order chi connectivity index (χ1) is 13.9. The number of imide groups is 2. The molecule has 0 saturated carbocycles. The van der Waals surface area contributed by atoms with Gasteiger partial charge in [-0.25, -0.2) is 9.59 Å². The first kappa shape index (κ1) is 23.1. The van der Waals surface area contributed by atoms with Crippen LogP contribution in [0.1, 0.15) is 72.1 Å². The summed E-state index contributed by atoms with van der Waals surface area (Å²) in [6.45, 7) is 8.88. The Morgan fingerprint density at radius 2 is 1.70 bits per heavy atom. The summed E-state index contributed by atoms with van der Waals surface area (Å²) in [5, 5.41) is 4.60. The summed E-state index contributed by atoms with van der Waals surface area (Å²) in [6, 6.07) is 3.35. The fourth-order valence-corrected chi connectivity index (χ4v) is 2.76. The van der Waals surface area contributed by atoms with E-state index < -0.39 is 36.0 Å². The fourth-order valence-electron chi connectivity index (χ4n) is 2.76. The number of ether oxygens (including phenoxy) is 1. The second-order valence-electron chi connectivity index (χ2n) is 8.53. The van der Waals surface area contributed by atoms with Gasteiger partial charge in [0.15, 0.2) is 6.61 Å². The van der Waals surface area contributed by atoms with Crippen LogP contribution in [0.4, 0.5) is 4.79 Å². The normalized spacial score (nSPS) is 13.3. The molecule has 0 bridgehead atoms. The highest BCUT2D eigenvalue weighted by Gasteiger charge is 2.35. The summed E-state index contributed by atoms with van der Waals surface area (Å²) in [4.78, 5) is 61.8. The van der Waals surface area contributed by atoms with Crippen molar-refractivity contribution < 1.29 is 28.7 Å². The summed E-state index contributed by atoms with van der Waals surface area (Å²) >= 11 is 0. The van der Waals surface area contributed by atoms with Crippen molar-refractivity contribution in [1.29, 1.82) is 0 Å². The fraction of sp³-hybridized carbons (Fsp3) is 0.476. The molecule has 0 atom stereocenters. The van der Waals surface area contributed by atoms with Crippen LogP contribution in [0.25, 0.3) is 0 Å². The average molecular weight is 417 g/mol. The smallest absolute Gasteiger partial charge is 0.338 e. The van der Waals surface area contributed by atoms with Crippen molar-refractivity contribution in [1.82, 2.24) is 15.5 Å². The van der Waals surface area contributed by atoms with E-state index in [0.29, 0.717) is 18.9 Å². The van der Waals surface area contributed by atoms with Gasteiger partial charge in [0.25, 0.3) is 17.7 Å². The minimum Gasteiger partial charge on any atom is -0.452 e. The van der Waals surface area contributed by atoms with Crippen LogP contribution >= 0.6 is 0 Å². The van der Waals surface area contributed by atoms with E-state index >= 15 is 0 Å². The Morgan fingerprint density at radius 1 is 1.07 bits per heavy atom. The lowest BCUT2D eigenvalue weighted by atomic mass is 10.1. The molecule has 1 aromatic rings. The SMILES string of the molecule is CC(C)CCN1C(=O)c2ccc(C(=O)OCC(=O)NC(=O)NC(C)(C)C)cc2C1=O.